The Morgan fingerprint density at radius 1 is 1.42 bits per heavy atom. The van der Waals surface area contributed by atoms with Crippen LogP contribution >= 0.6 is 15.9 Å². The van der Waals surface area contributed by atoms with E-state index in [2.05, 4.69) is 28.1 Å². The van der Waals surface area contributed by atoms with Crippen LogP contribution in [0.15, 0.2) is 18.2 Å². The molecule has 0 heterocycles. The lowest BCUT2D eigenvalue weighted by molar-refractivity contribution is 0.681. The van der Waals surface area contributed by atoms with Crippen molar-refractivity contribution < 1.29 is 0 Å². The molecule has 1 aromatic rings. The minimum Gasteiger partial charge on any atom is -0.399 e. The first-order valence-corrected chi connectivity index (χ1v) is 5.21. The molecule has 1 unspecified atom stereocenters. The fraction of sp³-hybridized carbons (Fsp3) is 0.400. The van der Waals surface area contributed by atoms with Gasteiger partial charge in [-0.2, -0.15) is 0 Å². The smallest absolute Gasteiger partial charge is 0.0398 e. The number of fused-ring (bicyclic) bond motifs is 1. The molecular formula is C10H12BrN. The van der Waals surface area contributed by atoms with Gasteiger partial charge in [-0.15, -0.1) is 0 Å². The molecule has 1 aromatic carbocycles. The molecule has 0 bridgehead atoms. The molecule has 0 aromatic heterocycles. The zero-order valence-electron chi connectivity index (χ0n) is 6.89. The summed E-state index contributed by atoms with van der Waals surface area (Å²) in [4.78, 5) is 0.543. The van der Waals surface area contributed by atoms with Crippen LogP contribution < -0.4 is 5.73 Å². The minimum atomic E-state index is 0.543. The van der Waals surface area contributed by atoms with Gasteiger partial charge in [0.25, 0.3) is 0 Å². The molecule has 0 aliphatic heterocycles. The van der Waals surface area contributed by atoms with Crippen LogP contribution in [0.25, 0.3) is 0 Å². The van der Waals surface area contributed by atoms with E-state index in [-0.39, 0.29) is 0 Å². The van der Waals surface area contributed by atoms with Gasteiger partial charge >= 0.3 is 0 Å². The highest BCUT2D eigenvalue weighted by atomic mass is 79.9. The lowest BCUT2D eigenvalue weighted by atomic mass is 9.91. The number of nitrogen functional groups attached to an aromatic ring is 1. The Morgan fingerprint density at radius 3 is 3.08 bits per heavy atom. The predicted molar refractivity (Wildman–Crippen MR) is 55.5 cm³/mol. The van der Waals surface area contributed by atoms with Gasteiger partial charge < -0.3 is 5.73 Å². The normalized spacial score (nSPS) is 21.9. The zero-order valence-corrected chi connectivity index (χ0v) is 8.47. The van der Waals surface area contributed by atoms with Gasteiger partial charge in [0.15, 0.2) is 0 Å². The maximum absolute atomic E-state index is 5.71. The maximum Gasteiger partial charge on any atom is 0.0398 e. The first kappa shape index (κ1) is 8.11. The molecule has 1 nitrogen and oxygen atoms in total. The maximum atomic E-state index is 5.71. The molecule has 2 heteroatoms. The van der Waals surface area contributed by atoms with Crippen molar-refractivity contribution in [1.29, 1.82) is 0 Å². The molecular weight excluding hydrogens is 214 g/mol. The quantitative estimate of drug-likeness (QED) is 0.534. The Hall–Kier alpha value is -0.500. The van der Waals surface area contributed by atoms with Crippen molar-refractivity contribution in [2.24, 2.45) is 0 Å². The predicted octanol–water partition coefficient (Wildman–Crippen LogP) is 3.04. The van der Waals surface area contributed by atoms with Gasteiger partial charge in [-0.1, -0.05) is 22.0 Å². The van der Waals surface area contributed by atoms with Gasteiger partial charge in [0, 0.05) is 10.5 Å². The Labute approximate surface area is 81.1 Å². The third kappa shape index (κ3) is 1.36. The summed E-state index contributed by atoms with van der Waals surface area (Å²) in [6, 6.07) is 6.23. The molecule has 1 aliphatic rings. The summed E-state index contributed by atoms with van der Waals surface area (Å²) in [5.41, 5.74) is 9.44. The summed E-state index contributed by atoms with van der Waals surface area (Å²) in [5.74, 6) is 0. The molecule has 0 radical (unpaired) electrons. The summed E-state index contributed by atoms with van der Waals surface area (Å²) in [6.07, 6.45) is 3.70. The summed E-state index contributed by atoms with van der Waals surface area (Å²) < 4.78 is 0. The molecule has 0 amide bonds. The van der Waals surface area contributed by atoms with E-state index in [1.165, 1.54) is 30.4 Å². The molecule has 64 valence electrons. The Balaban J connectivity index is 2.46. The number of rotatable bonds is 0. The Bertz CT molecular complexity index is 296. The highest BCUT2D eigenvalue weighted by Crippen LogP contribution is 2.36. The second-order valence-electron chi connectivity index (χ2n) is 3.32. The van der Waals surface area contributed by atoms with Gasteiger partial charge in [-0.05, 0) is 42.5 Å². The molecule has 2 rings (SSSR count). The third-order valence-electron chi connectivity index (χ3n) is 2.41. The van der Waals surface area contributed by atoms with Crippen LogP contribution in [0.4, 0.5) is 5.69 Å². The van der Waals surface area contributed by atoms with Crippen LogP contribution in [0.5, 0.6) is 0 Å². The molecule has 1 atom stereocenters. The minimum absolute atomic E-state index is 0.543. The van der Waals surface area contributed by atoms with Crippen molar-refractivity contribution in [2.75, 3.05) is 5.73 Å². The summed E-state index contributed by atoms with van der Waals surface area (Å²) in [6.45, 7) is 0. The highest BCUT2D eigenvalue weighted by molar-refractivity contribution is 9.09. The number of halogens is 1. The van der Waals surface area contributed by atoms with Crippen molar-refractivity contribution in [3.8, 4) is 0 Å². The van der Waals surface area contributed by atoms with Crippen molar-refractivity contribution >= 4 is 21.6 Å². The standard InChI is InChI=1S/C10H12BrN/c11-10-3-1-2-7-6-8(12)4-5-9(7)10/h4-6,10H,1-3,12H2. The van der Waals surface area contributed by atoms with E-state index < -0.39 is 0 Å². The van der Waals surface area contributed by atoms with Crippen LogP contribution in [0.1, 0.15) is 28.8 Å². The van der Waals surface area contributed by atoms with Gasteiger partial charge in [-0.3, -0.25) is 0 Å². The first-order chi connectivity index (χ1) is 5.77. The van der Waals surface area contributed by atoms with Crippen molar-refractivity contribution in [3.63, 3.8) is 0 Å². The first-order valence-electron chi connectivity index (χ1n) is 4.30. The molecule has 0 saturated heterocycles. The number of alkyl halides is 1. The lowest BCUT2D eigenvalue weighted by Gasteiger charge is -2.20. The van der Waals surface area contributed by atoms with Crippen molar-refractivity contribution in [1.82, 2.24) is 0 Å². The molecule has 0 saturated carbocycles. The summed E-state index contributed by atoms with van der Waals surface area (Å²) in [7, 11) is 0. The number of hydrogen-bond acceptors (Lipinski definition) is 1. The van der Waals surface area contributed by atoms with Crippen molar-refractivity contribution in [2.45, 2.75) is 24.1 Å². The van der Waals surface area contributed by atoms with Gasteiger partial charge in [-0.25, -0.2) is 0 Å². The van der Waals surface area contributed by atoms with Crippen LogP contribution in [0, 0.1) is 0 Å². The summed E-state index contributed by atoms with van der Waals surface area (Å²) in [5, 5.41) is 0. The molecule has 1 aliphatic carbocycles. The van der Waals surface area contributed by atoms with Crippen LogP contribution in [-0.4, -0.2) is 0 Å². The number of hydrogen-bond donors (Lipinski definition) is 1. The van der Waals surface area contributed by atoms with E-state index >= 15 is 0 Å². The molecule has 0 fully saturated rings. The van der Waals surface area contributed by atoms with E-state index in [1.807, 2.05) is 6.07 Å². The van der Waals surface area contributed by atoms with Crippen molar-refractivity contribution in [3.05, 3.63) is 29.3 Å². The lowest BCUT2D eigenvalue weighted by Crippen LogP contribution is -2.05. The van der Waals surface area contributed by atoms with E-state index in [1.54, 1.807) is 0 Å². The number of aryl methyl sites for hydroxylation is 1. The summed E-state index contributed by atoms with van der Waals surface area (Å²) >= 11 is 3.67. The molecule has 0 spiro atoms. The number of benzene rings is 1. The highest BCUT2D eigenvalue weighted by Gasteiger charge is 2.16. The van der Waals surface area contributed by atoms with Crippen LogP contribution in [0.3, 0.4) is 0 Å². The topological polar surface area (TPSA) is 26.0 Å². The van der Waals surface area contributed by atoms with Gasteiger partial charge in [0.2, 0.25) is 0 Å². The SMILES string of the molecule is Nc1ccc2c(c1)CCCC2Br. The Kier molecular flexibility index (Phi) is 2.09. The van der Waals surface area contributed by atoms with Gasteiger partial charge in [0.05, 0.1) is 0 Å². The van der Waals surface area contributed by atoms with E-state index in [0.717, 1.165) is 5.69 Å². The second-order valence-corrected chi connectivity index (χ2v) is 4.42. The largest absolute Gasteiger partial charge is 0.399 e. The average molecular weight is 226 g/mol. The number of nitrogens with two attached hydrogens (primary N) is 1. The monoisotopic (exact) mass is 225 g/mol. The fourth-order valence-electron chi connectivity index (χ4n) is 1.77. The molecule has 2 N–H and O–H groups in total. The fourth-order valence-corrected chi connectivity index (χ4v) is 2.55. The third-order valence-corrected chi connectivity index (χ3v) is 3.36. The van der Waals surface area contributed by atoms with E-state index in [4.69, 9.17) is 5.73 Å². The van der Waals surface area contributed by atoms with E-state index in [9.17, 15) is 0 Å². The molecule has 12 heavy (non-hydrogen) atoms. The second kappa shape index (κ2) is 3.09. The Morgan fingerprint density at radius 2 is 2.25 bits per heavy atom. The van der Waals surface area contributed by atoms with Crippen LogP contribution in [0.2, 0.25) is 0 Å². The average Bonchev–Trinajstić information content (AvgIpc) is 2.04. The zero-order chi connectivity index (χ0) is 8.55. The van der Waals surface area contributed by atoms with Crippen LogP contribution in [-0.2, 0) is 6.42 Å². The number of anilines is 1. The van der Waals surface area contributed by atoms with Gasteiger partial charge in [0.1, 0.15) is 0 Å². The van der Waals surface area contributed by atoms with E-state index in [0.29, 0.717) is 4.83 Å².